The fourth-order valence-corrected chi connectivity index (χ4v) is 4.16. The first-order valence-electron chi connectivity index (χ1n) is 10.3. The zero-order valence-corrected chi connectivity index (χ0v) is 18.1. The number of nitriles is 1. The summed E-state index contributed by atoms with van der Waals surface area (Å²) in [6.07, 6.45) is 4.64. The molecule has 9 heteroatoms. The van der Waals surface area contributed by atoms with Crippen molar-refractivity contribution in [2.75, 3.05) is 25.0 Å². The molecule has 1 aliphatic heterocycles. The Kier molecular flexibility index (Phi) is 5.63. The zero-order valence-electron chi connectivity index (χ0n) is 18.1. The highest BCUT2D eigenvalue weighted by atomic mass is 19.1. The smallest absolute Gasteiger partial charge is 0.190 e. The third-order valence-corrected chi connectivity index (χ3v) is 5.54. The van der Waals surface area contributed by atoms with Gasteiger partial charge in [-0.15, -0.1) is 0 Å². The Morgan fingerprint density at radius 3 is 2.72 bits per heavy atom. The molecule has 0 aromatic carbocycles. The fourth-order valence-electron chi connectivity index (χ4n) is 4.16. The molecule has 1 saturated heterocycles. The van der Waals surface area contributed by atoms with Gasteiger partial charge in [-0.3, -0.25) is 5.41 Å². The van der Waals surface area contributed by atoms with Gasteiger partial charge in [0.05, 0.1) is 29.2 Å². The van der Waals surface area contributed by atoms with Gasteiger partial charge in [0.15, 0.2) is 17.2 Å². The molecule has 2 aliphatic rings. The minimum atomic E-state index is -1.05. The van der Waals surface area contributed by atoms with Gasteiger partial charge in [-0.1, -0.05) is 0 Å². The van der Waals surface area contributed by atoms with E-state index in [1.807, 2.05) is 6.07 Å². The summed E-state index contributed by atoms with van der Waals surface area (Å²) in [5.74, 6) is -1.73. The number of aromatic nitrogens is 2. The lowest BCUT2D eigenvalue weighted by Gasteiger charge is -2.37. The number of halogens is 1. The van der Waals surface area contributed by atoms with E-state index >= 15 is 0 Å². The molecule has 1 fully saturated rings. The molecular formula is C23H24FN7O. The molecule has 2 unspecified atom stereocenters. The lowest BCUT2D eigenvalue weighted by molar-refractivity contribution is 0.407. The summed E-state index contributed by atoms with van der Waals surface area (Å²) in [6.45, 7) is 5.89. The van der Waals surface area contributed by atoms with Crippen LogP contribution < -0.4 is 15.5 Å². The van der Waals surface area contributed by atoms with Crippen LogP contribution in [-0.4, -0.2) is 53.0 Å². The predicted octanol–water partition coefficient (Wildman–Crippen LogP) is 2.95. The molecule has 1 aliphatic carbocycles. The van der Waals surface area contributed by atoms with Gasteiger partial charge in [0.25, 0.3) is 0 Å². The van der Waals surface area contributed by atoms with Crippen LogP contribution in [0.2, 0.25) is 0 Å². The number of allylic oxidation sites excluding steroid dienone is 4. The third-order valence-electron chi connectivity index (χ3n) is 5.54. The standard InChI is InChI=1S/C23H24FN7O/c1-12-10-31(11-13(2)29-12)16-6-17-14(7-25)5-19(30-23(17)28-9-16)18-4-15(8-27-3)21(26)20(24)22(18)32/h4-6,8-9,12-13,26-27,29,32H,10-11H2,1-3H3/b15-8-,26-21?. The summed E-state index contributed by atoms with van der Waals surface area (Å²) in [5, 5.41) is 34.8. The van der Waals surface area contributed by atoms with Crippen molar-refractivity contribution in [2.24, 2.45) is 0 Å². The Labute approximate surface area is 185 Å². The van der Waals surface area contributed by atoms with Crippen molar-refractivity contribution in [3.63, 3.8) is 0 Å². The first kappa shape index (κ1) is 21.5. The SMILES string of the molecule is CN/C=C1/C=C(c2cc(C#N)c3cc(N4CC(C)NC(C)C4)cnc3n2)C(O)=C(F)C1=N. The van der Waals surface area contributed by atoms with Crippen molar-refractivity contribution in [1.29, 1.82) is 10.7 Å². The lowest BCUT2D eigenvalue weighted by atomic mass is 9.94. The van der Waals surface area contributed by atoms with Crippen LogP contribution in [0.4, 0.5) is 10.1 Å². The Morgan fingerprint density at radius 1 is 1.34 bits per heavy atom. The molecule has 4 rings (SSSR count). The Morgan fingerprint density at radius 2 is 2.06 bits per heavy atom. The monoisotopic (exact) mass is 433 g/mol. The largest absolute Gasteiger partial charge is 0.504 e. The first-order chi connectivity index (χ1) is 15.3. The highest BCUT2D eigenvalue weighted by molar-refractivity contribution is 6.16. The number of hydrogen-bond acceptors (Lipinski definition) is 8. The number of pyridine rings is 2. The van der Waals surface area contributed by atoms with E-state index in [1.165, 1.54) is 18.3 Å². The minimum Gasteiger partial charge on any atom is -0.504 e. The number of piperazine rings is 1. The molecule has 2 aromatic rings. The maximum atomic E-state index is 14.5. The van der Waals surface area contributed by atoms with Gasteiger partial charge in [-0.25, -0.2) is 14.4 Å². The zero-order chi connectivity index (χ0) is 23.0. The van der Waals surface area contributed by atoms with Gasteiger partial charge in [-0.2, -0.15) is 5.26 Å². The van der Waals surface area contributed by atoms with Crippen LogP contribution in [-0.2, 0) is 0 Å². The number of nitrogens with one attached hydrogen (secondary N) is 3. The van der Waals surface area contributed by atoms with E-state index in [0.717, 1.165) is 18.8 Å². The molecule has 4 N–H and O–H groups in total. The minimum absolute atomic E-state index is 0.0917. The number of nitrogens with zero attached hydrogens (tertiary/aromatic N) is 4. The highest BCUT2D eigenvalue weighted by Gasteiger charge is 2.27. The van der Waals surface area contributed by atoms with Crippen molar-refractivity contribution in [3.8, 4) is 6.07 Å². The molecule has 2 aromatic heterocycles. The summed E-state index contributed by atoms with van der Waals surface area (Å²) in [6, 6.07) is 6.23. The van der Waals surface area contributed by atoms with Gasteiger partial charge < -0.3 is 20.6 Å². The Hall–Kier alpha value is -3.77. The van der Waals surface area contributed by atoms with Crippen molar-refractivity contribution in [3.05, 3.63) is 59.0 Å². The maximum Gasteiger partial charge on any atom is 0.190 e. The van der Waals surface area contributed by atoms with Gasteiger partial charge in [-0.05, 0) is 32.1 Å². The second kappa shape index (κ2) is 8.40. The quantitative estimate of drug-likeness (QED) is 0.587. The molecule has 32 heavy (non-hydrogen) atoms. The molecule has 0 spiro atoms. The molecule has 2 atom stereocenters. The van der Waals surface area contributed by atoms with E-state index in [9.17, 15) is 14.8 Å². The number of fused-ring (bicyclic) bond motifs is 1. The average Bonchev–Trinajstić information content (AvgIpc) is 2.77. The topological polar surface area (TPSA) is 121 Å². The Balaban J connectivity index is 1.81. The van der Waals surface area contributed by atoms with Gasteiger partial charge in [0.1, 0.15) is 5.71 Å². The number of anilines is 1. The average molecular weight is 433 g/mol. The van der Waals surface area contributed by atoms with E-state index in [4.69, 9.17) is 5.41 Å². The lowest BCUT2D eigenvalue weighted by Crippen LogP contribution is -2.54. The first-order valence-corrected chi connectivity index (χ1v) is 10.3. The summed E-state index contributed by atoms with van der Waals surface area (Å²) >= 11 is 0. The number of hydrogen-bond donors (Lipinski definition) is 4. The summed E-state index contributed by atoms with van der Waals surface area (Å²) in [4.78, 5) is 11.2. The fraction of sp³-hybridized carbons (Fsp3) is 0.304. The van der Waals surface area contributed by atoms with Crippen LogP contribution in [0.1, 0.15) is 25.1 Å². The highest BCUT2D eigenvalue weighted by Crippen LogP contribution is 2.33. The van der Waals surface area contributed by atoms with Crippen LogP contribution in [0.3, 0.4) is 0 Å². The molecule has 8 nitrogen and oxygen atoms in total. The molecular weight excluding hydrogens is 409 g/mol. The Bertz CT molecular complexity index is 1230. The normalized spacial score (nSPS) is 22.8. The van der Waals surface area contributed by atoms with Crippen molar-refractivity contribution >= 4 is 28.0 Å². The van der Waals surface area contributed by atoms with E-state index in [2.05, 4.69) is 45.4 Å². The van der Waals surface area contributed by atoms with Crippen LogP contribution >= 0.6 is 0 Å². The summed E-state index contributed by atoms with van der Waals surface area (Å²) < 4.78 is 14.5. The third kappa shape index (κ3) is 3.81. The second-order valence-electron chi connectivity index (χ2n) is 8.09. The van der Waals surface area contributed by atoms with Gasteiger partial charge in [0, 0.05) is 55.0 Å². The maximum absolute atomic E-state index is 14.5. The number of rotatable bonds is 3. The van der Waals surface area contributed by atoms with Crippen molar-refractivity contribution in [1.82, 2.24) is 20.6 Å². The van der Waals surface area contributed by atoms with Gasteiger partial charge >= 0.3 is 0 Å². The second-order valence-corrected chi connectivity index (χ2v) is 8.09. The molecule has 0 radical (unpaired) electrons. The molecule has 0 bridgehead atoms. The molecule has 164 valence electrons. The molecule has 0 saturated carbocycles. The summed E-state index contributed by atoms with van der Waals surface area (Å²) in [7, 11) is 1.63. The van der Waals surface area contributed by atoms with Gasteiger partial charge in [0.2, 0.25) is 0 Å². The van der Waals surface area contributed by atoms with Crippen LogP contribution in [0.25, 0.3) is 16.6 Å². The van der Waals surface area contributed by atoms with Crippen LogP contribution in [0.15, 0.2) is 47.8 Å². The van der Waals surface area contributed by atoms with Crippen LogP contribution in [0, 0.1) is 16.7 Å². The number of aliphatic hydroxyl groups excluding tert-OH is 1. The van der Waals surface area contributed by atoms with E-state index in [1.54, 1.807) is 13.2 Å². The number of aliphatic hydroxyl groups is 1. The van der Waals surface area contributed by atoms with Crippen LogP contribution in [0.5, 0.6) is 0 Å². The van der Waals surface area contributed by atoms with Crippen molar-refractivity contribution < 1.29 is 9.50 Å². The van der Waals surface area contributed by atoms with E-state index in [-0.39, 0.29) is 16.8 Å². The van der Waals surface area contributed by atoms with E-state index < -0.39 is 17.3 Å². The van der Waals surface area contributed by atoms with Crippen molar-refractivity contribution in [2.45, 2.75) is 25.9 Å². The molecule has 3 heterocycles. The summed E-state index contributed by atoms with van der Waals surface area (Å²) in [5.41, 5.74) is 1.68. The van der Waals surface area contributed by atoms with E-state index in [0.29, 0.717) is 28.7 Å². The molecule has 0 amide bonds. The predicted molar refractivity (Wildman–Crippen MR) is 122 cm³/mol.